The Morgan fingerprint density at radius 2 is 1.84 bits per heavy atom. The van der Waals surface area contributed by atoms with E-state index in [-0.39, 0.29) is 6.04 Å². The van der Waals surface area contributed by atoms with Crippen LogP contribution in [0.15, 0.2) is 18.2 Å². The van der Waals surface area contributed by atoms with Crippen LogP contribution in [0.25, 0.3) is 0 Å². The minimum atomic E-state index is -0.836. The van der Waals surface area contributed by atoms with E-state index in [1.807, 2.05) is 0 Å². The second-order valence-corrected chi connectivity index (χ2v) is 4.35. The second kappa shape index (κ2) is 8.19. The van der Waals surface area contributed by atoms with Crippen LogP contribution in [0.2, 0.25) is 0 Å². The van der Waals surface area contributed by atoms with Gasteiger partial charge in [-0.15, -0.1) is 0 Å². The van der Waals surface area contributed by atoms with Gasteiger partial charge in [-0.05, 0) is 37.1 Å². The molecule has 5 heteroatoms. The van der Waals surface area contributed by atoms with E-state index in [9.17, 15) is 8.78 Å². The van der Waals surface area contributed by atoms with Gasteiger partial charge in [0, 0.05) is 14.2 Å². The summed E-state index contributed by atoms with van der Waals surface area (Å²) in [5, 5.41) is 3.29. The van der Waals surface area contributed by atoms with Crippen LogP contribution in [0.1, 0.15) is 18.9 Å². The molecule has 0 aliphatic heterocycles. The Bertz CT molecular complexity index is 384. The average molecular weight is 273 g/mol. The maximum atomic E-state index is 13.2. The summed E-state index contributed by atoms with van der Waals surface area (Å²) in [5.74, 6) is -1.67. The first-order chi connectivity index (χ1) is 9.12. The molecule has 0 bridgehead atoms. The van der Waals surface area contributed by atoms with Crippen molar-refractivity contribution in [2.75, 3.05) is 20.8 Å². The van der Waals surface area contributed by atoms with Crippen molar-refractivity contribution < 1.29 is 18.3 Å². The molecule has 0 amide bonds. The molecule has 1 atom stereocenters. The van der Waals surface area contributed by atoms with Crippen LogP contribution < -0.4 is 5.32 Å². The summed E-state index contributed by atoms with van der Waals surface area (Å²) in [5.41, 5.74) is 0.701. The van der Waals surface area contributed by atoms with Crippen molar-refractivity contribution in [3.8, 4) is 0 Å². The standard InChI is InChI=1S/C14H21F2NO2/c1-4-7-17-13(14(18-2)19-3)9-10-5-6-11(15)12(16)8-10/h5-6,8,13-14,17H,4,7,9H2,1-3H3. The molecule has 1 rings (SSSR count). The van der Waals surface area contributed by atoms with Crippen molar-refractivity contribution in [1.29, 1.82) is 0 Å². The molecule has 0 saturated heterocycles. The van der Waals surface area contributed by atoms with E-state index in [1.54, 1.807) is 20.3 Å². The molecule has 108 valence electrons. The van der Waals surface area contributed by atoms with Gasteiger partial charge in [0.1, 0.15) is 0 Å². The molecule has 19 heavy (non-hydrogen) atoms. The third kappa shape index (κ3) is 4.86. The molecule has 0 radical (unpaired) electrons. The zero-order valence-electron chi connectivity index (χ0n) is 11.6. The number of hydrogen-bond donors (Lipinski definition) is 1. The number of benzene rings is 1. The number of hydrogen-bond acceptors (Lipinski definition) is 3. The highest BCUT2D eigenvalue weighted by Gasteiger charge is 2.21. The van der Waals surface area contributed by atoms with Crippen molar-refractivity contribution in [3.63, 3.8) is 0 Å². The van der Waals surface area contributed by atoms with Gasteiger partial charge in [0.25, 0.3) is 0 Å². The third-order valence-corrected chi connectivity index (χ3v) is 2.89. The summed E-state index contributed by atoms with van der Waals surface area (Å²) in [6.45, 7) is 2.85. The lowest BCUT2D eigenvalue weighted by Gasteiger charge is -2.26. The van der Waals surface area contributed by atoms with E-state index in [2.05, 4.69) is 12.2 Å². The lowest BCUT2D eigenvalue weighted by molar-refractivity contribution is -0.122. The van der Waals surface area contributed by atoms with E-state index in [4.69, 9.17) is 9.47 Å². The molecule has 0 aliphatic carbocycles. The number of nitrogens with one attached hydrogen (secondary N) is 1. The Balaban J connectivity index is 2.77. The first-order valence-electron chi connectivity index (χ1n) is 6.35. The zero-order chi connectivity index (χ0) is 14.3. The predicted molar refractivity (Wildman–Crippen MR) is 69.9 cm³/mol. The second-order valence-electron chi connectivity index (χ2n) is 4.35. The lowest BCUT2D eigenvalue weighted by atomic mass is 10.0. The highest BCUT2D eigenvalue weighted by molar-refractivity contribution is 5.19. The Labute approximate surface area is 112 Å². The van der Waals surface area contributed by atoms with E-state index >= 15 is 0 Å². The minimum Gasteiger partial charge on any atom is -0.354 e. The molecular weight excluding hydrogens is 252 g/mol. The smallest absolute Gasteiger partial charge is 0.172 e. The van der Waals surface area contributed by atoms with Crippen LogP contribution >= 0.6 is 0 Å². The predicted octanol–water partition coefficient (Wildman–Crippen LogP) is 2.49. The van der Waals surface area contributed by atoms with Crippen LogP contribution in [0.5, 0.6) is 0 Å². The van der Waals surface area contributed by atoms with Gasteiger partial charge in [-0.25, -0.2) is 8.78 Å². The maximum absolute atomic E-state index is 13.2. The van der Waals surface area contributed by atoms with Gasteiger partial charge in [-0.3, -0.25) is 0 Å². The van der Waals surface area contributed by atoms with Crippen LogP contribution in [-0.4, -0.2) is 33.1 Å². The van der Waals surface area contributed by atoms with Gasteiger partial charge in [-0.2, -0.15) is 0 Å². The molecular formula is C14H21F2NO2. The largest absolute Gasteiger partial charge is 0.354 e. The SMILES string of the molecule is CCCNC(Cc1ccc(F)c(F)c1)C(OC)OC. The molecule has 0 spiro atoms. The lowest BCUT2D eigenvalue weighted by Crippen LogP contribution is -2.44. The molecule has 0 aliphatic rings. The van der Waals surface area contributed by atoms with Gasteiger partial charge < -0.3 is 14.8 Å². The molecule has 1 N–H and O–H groups in total. The maximum Gasteiger partial charge on any atom is 0.172 e. The molecule has 0 fully saturated rings. The molecule has 1 unspecified atom stereocenters. The monoisotopic (exact) mass is 273 g/mol. The Morgan fingerprint density at radius 3 is 2.37 bits per heavy atom. The van der Waals surface area contributed by atoms with Gasteiger partial charge >= 0.3 is 0 Å². The Hall–Kier alpha value is -1.04. The fourth-order valence-corrected chi connectivity index (χ4v) is 1.94. The fourth-order valence-electron chi connectivity index (χ4n) is 1.94. The molecule has 0 heterocycles. The minimum absolute atomic E-state index is 0.111. The summed E-state index contributed by atoms with van der Waals surface area (Å²) in [4.78, 5) is 0. The number of halogens is 2. The van der Waals surface area contributed by atoms with Gasteiger partial charge in [0.15, 0.2) is 17.9 Å². The highest BCUT2D eigenvalue weighted by Crippen LogP contribution is 2.13. The quantitative estimate of drug-likeness (QED) is 0.738. The van der Waals surface area contributed by atoms with E-state index < -0.39 is 17.9 Å². The molecule has 1 aromatic carbocycles. The number of methoxy groups -OCH3 is 2. The van der Waals surface area contributed by atoms with Gasteiger partial charge in [0.05, 0.1) is 6.04 Å². The van der Waals surface area contributed by atoms with Crippen LogP contribution in [0, 0.1) is 11.6 Å². The van der Waals surface area contributed by atoms with Crippen molar-refractivity contribution in [2.45, 2.75) is 32.1 Å². The first-order valence-corrected chi connectivity index (χ1v) is 6.35. The van der Waals surface area contributed by atoms with Gasteiger partial charge in [0.2, 0.25) is 0 Å². The van der Waals surface area contributed by atoms with E-state index in [1.165, 1.54) is 6.07 Å². The third-order valence-electron chi connectivity index (χ3n) is 2.89. The highest BCUT2D eigenvalue weighted by atomic mass is 19.2. The normalized spacial score (nSPS) is 12.9. The summed E-state index contributed by atoms with van der Waals surface area (Å²) < 4.78 is 36.5. The van der Waals surface area contributed by atoms with Crippen molar-refractivity contribution >= 4 is 0 Å². The first kappa shape index (κ1) is 16.0. The molecule has 1 aromatic rings. The number of ether oxygens (including phenoxy) is 2. The molecule has 3 nitrogen and oxygen atoms in total. The van der Waals surface area contributed by atoms with E-state index in [0.717, 1.165) is 19.0 Å². The molecule has 0 saturated carbocycles. The Kier molecular flexibility index (Phi) is 6.91. The van der Waals surface area contributed by atoms with Crippen molar-refractivity contribution in [3.05, 3.63) is 35.4 Å². The zero-order valence-corrected chi connectivity index (χ0v) is 11.6. The van der Waals surface area contributed by atoms with E-state index in [0.29, 0.717) is 12.0 Å². The summed E-state index contributed by atoms with van der Waals surface area (Å²) in [6, 6.07) is 3.80. The number of rotatable bonds is 8. The summed E-state index contributed by atoms with van der Waals surface area (Å²) in [6.07, 6.45) is 1.04. The van der Waals surface area contributed by atoms with Crippen LogP contribution in [-0.2, 0) is 15.9 Å². The van der Waals surface area contributed by atoms with Gasteiger partial charge in [-0.1, -0.05) is 13.0 Å². The summed E-state index contributed by atoms with van der Waals surface area (Å²) >= 11 is 0. The van der Waals surface area contributed by atoms with Crippen LogP contribution in [0.4, 0.5) is 8.78 Å². The van der Waals surface area contributed by atoms with Crippen LogP contribution in [0.3, 0.4) is 0 Å². The topological polar surface area (TPSA) is 30.5 Å². The fraction of sp³-hybridized carbons (Fsp3) is 0.571. The summed E-state index contributed by atoms with van der Waals surface area (Å²) in [7, 11) is 3.11. The Morgan fingerprint density at radius 1 is 1.16 bits per heavy atom. The van der Waals surface area contributed by atoms with Crippen molar-refractivity contribution in [2.24, 2.45) is 0 Å². The van der Waals surface area contributed by atoms with Crippen molar-refractivity contribution in [1.82, 2.24) is 5.32 Å². The molecule has 0 aromatic heterocycles. The average Bonchev–Trinajstić information content (AvgIpc) is 2.41.